The standard InChI is InChI=1S/C10H12BrNO3S/c1-6(10(14)15)2-9(13)12-4-8-3-7(11)5-16-8/h3,5-6H,2,4H2,1H3,(H,12,13)(H,14,15). The van der Waals surface area contributed by atoms with Crippen molar-refractivity contribution in [2.75, 3.05) is 0 Å². The van der Waals surface area contributed by atoms with Crippen molar-refractivity contribution in [3.63, 3.8) is 0 Å². The molecule has 0 aromatic carbocycles. The topological polar surface area (TPSA) is 66.4 Å². The highest BCUT2D eigenvalue weighted by atomic mass is 79.9. The van der Waals surface area contributed by atoms with E-state index in [1.807, 2.05) is 11.4 Å². The van der Waals surface area contributed by atoms with Gasteiger partial charge in [-0.15, -0.1) is 11.3 Å². The van der Waals surface area contributed by atoms with E-state index in [0.29, 0.717) is 6.54 Å². The Morgan fingerprint density at radius 3 is 2.81 bits per heavy atom. The van der Waals surface area contributed by atoms with Gasteiger partial charge in [-0.2, -0.15) is 0 Å². The summed E-state index contributed by atoms with van der Waals surface area (Å²) in [6, 6.07) is 1.92. The monoisotopic (exact) mass is 305 g/mol. The number of carbonyl (C=O) groups excluding carboxylic acids is 1. The predicted molar refractivity (Wildman–Crippen MR) is 65.3 cm³/mol. The van der Waals surface area contributed by atoms with Gasteiger partial charge in [-0.05, 0) is 22.0 Å². The Morgan fingerprint density at radius 1 is 1.62 bits per heavy atom. The number of amides is 1. The molecule has 1 atom stereocenters. The number of carbonyl (C=O) groups is 2. The Balaban J connectivity index is 2.33. The highest BCUT2D eigenvalue weighted by molar-refractivity contribution is 9.10. The molecule has 88 valence electrons. The van der Waals surface area contributed by atoms with Gasteiger partial charge in [-0.3, -0.25) is 9.59 Å². The minimum absolute atomic E-state index is 0.0158. The van der Waals surface area contributed by atoms with Crippen LogP contribution in [-0.2, 0) is 16.1 Å². The smallest absolute Gasteiger partial charge is 0.306 e. The second-order valence-corrected chi connectivity index (χ2v) is 5.36. The van der Waals surface area contributed by atoms with Crippen molar-refractivity contribution in [1.82, 2.24) is 5.32 Å². The van der Waals surface area contributed by atoms with Crippen LogP contribution in [0.2, 0.25) is 0 Å². The first-order chi connectivity index (χ1) is 7.49. The summed E-state index contributed by atoms with van der Waals surface area (Å²) in [5.74, 6) is -1.83. The van der Waals surface area contributed by atoms with Crippen LogP contribution in [0, 0.1) is 5.92 Å². The van der Waals surface area contributed by atoms with E-state index in [0.717, 1.165) is 9.35 Å². The van der Waals surface area contributed by atoms with Crippen LogP contribution in [0.1, 0.15) is 18.2 Å². The molecule has 0 saturated carbocycles. The molecule has 0 bridgehead atoms. The summed E-state index contributed by atoms with van der Waals surface area (Å²) in [5, 5.41) is 13.3. The molecule has 0 fully saturated rings. The van der Waals surface area contributed by atoms with Crippen LogP contribution in [0.15, 0.2) is 15.9 Å². The van der Waals surface area contributed by atoms with Gasteiger partial charge in [0.25, 0.3) is 0 Å². The maximum Gasteiger partial charge on any atom is 0.306 e. The lowest BCUT2D eigenvalue weighted by Gasteiger charge is -2.06. The molecule has 0 aliphatic carbocycles. The van der Waals surface area contributed by atoms with Crippen LogP contribution in [0.25, 0.3) is 0 Å². The van der Waals surface area contributed by atoms with Crippen molar-refractivity contribution in [2.24, 2.45) is 5.92 Å². The number of rotatable bonds is 5. The molecule has 0 aliphatic rings. The van der Waals surface area contributed by atoms with E-state index in [1.165, 1.54) is 18.3 Å². The van der Waals surface area contributed by atoms with Gasteiger partial charge in [-0.25, -0.2) is 0 Å². The Hall–Kier alpha value is -0.880. The summed E-state index contributed by atoms with van der Waals surface area (Å²) in [6.45, 7) is 1.96. The lowest BCUT2D eigenvalue weighted by atomic mass is 10.1. The molecule has 0 aliphatic heterocycles. The fraction of sp³-hybridized carbons (Fsp3) is 0.400. The summed E-state index contributed by atoms with van der Waals surface area (Å²) < 4.78 is 0.987. The highest BCUT2D eigenvalue weighted by Gasteiger charge is 2.15. The van der Waals surface area contributed by atoms with Gasteiger partial charge < -0.3 is 10.4 Å². The lowest BCUT2D eigenvalue weighted by Crippen LogP contribution is -2.26. The molecule has 1 unspecified atom stereocenters. The average molecular weight is 306 g/mol. The average Bonchev–Trinajstić information content (AvgIpc) is 2.61. The molecule has 6 heteroatoms. The zero-order chi connectivity index (χ0) is 12.1. The van der Waals surface area contributed by atoms with E-state index in [4.69, 9.17) is 5.11 Å². The van der Waals surface area contributed by atoms with Crippen LogP contribution in [0.5, 0.6) is 0 Å². The molecule has 1 aromatic heterocycles. The number of hydrogen-bond acceptors (Lipinski definition) is 3. The molecule has 16 heavy (non-hydrogen) atoms. The third-order valence-corrected chi connectivity index (χ3v) is 3.69. The van der Waals surface area contributed by atoms with Gasteiger partial charge in [0.1, 0.15) is 0 Å². The summed E-state index contributed by atoms with van der Waals surface area (Å²) in [5.41, 5.74) is 0. The largest absolute Gasteiger partial charge is 0.481 e. The van der Waals surface area contributed by atoms with E-state index in [-0.39, 0.29) is 12.3 Å². The molecule has 1 aromatic rings. The van der Waals surface area contributed by atoms with Crippen LogP contribution in [0.3, 0.4) is 0 Å². The van der Waals surface area contributed by atoms with E-state index in [2.05, 4.69) is 21.2 Å². The number of carboxylic acid groups (broad SMARTS) is 1. The van der Waals surface area contributed by atoms with Gasteiger partial charge in [0, 0.05) is 21.2 Å². The number of hydrogen-bond donors (Lipinski definition) is 2. The molecule has 2 N–H and O–H groups in total. The third-order valence-electron chi connectivity index (χ3n) is 1.99. The van der Waals surface area contributed by atoms with Gasteiger partial charge in [0.2, 0.25) is 5.91 Å². The van der Waals surface area contributed by atoms with E-state index >= 15 is 0 Å². The first kappa shape index (κ1) is 13.2. The van der Waals surface area contributed by atoms with Gasteiger partial charge in [0.05, 0.1) is 12.5 Å². The second kappa shape index (κ2) is 6.00. The van der Waals surface area contributed by atoms with Gasteiger partial charge >= 0.3 is 5.97 Å². The van der Waals surface area contributed by atoms with Gasteiger partial charge in [0.15, 0.2) is 0 Å². The van der Waals surface area contributed by atoms with Crippen molar-refractivity contribution in [3.05, 3.63) is 20.8 Å². The normalized spacial score (nSPS) is 12.1. The van der Waals surface area contributed by atoms with E-state index in [9.17, 15) is 9.59 Å². The van der Waals surface area contributed by atoms with Crippen LogP contribution in [-0.4, -0.2) is 17.0 Å². The second-order valence-electron chi connectivity index (χ2n) is 3.45. The zero-order valence-electron chi connectivity index (χ0n) is 8.70. The van der Waals surface area contributed by atoms with Crippen molar-refractivity contribution in [3.8, 4) is 0 Å². The Labute approximate surface area is 106 Å². The molecular weight excluding hydrogens is 294 g/mol. The van der Waals surface area contributed by atoms with Crippen molar-refractivity contribution < 1.29 is 14.7 Å². The molecule has 0 saturated heterocycles. The molecule has 4 nitrogen and oxygen atoms in total. The summed E-state index contributed by atoms with van der Waals surface area (Å²) >= 11 is 4.86. The molecule has 0 spiro atoms. The minimum Gasteiger partial charge on any atom is -0.481 e. The fourth-order valence-electron chi connectivity index (χ4n) is 1.07. The number of halogens is 1. The first-order valence-corrected chi connectivity index (χ1v) is 6.38. The number of nitrogens with one attached hydrogen (secondary N) is 1. The molecule has 0 radical (unpaired) electrons. The van der Waals surface area contributed by atoms with Crippen molar-refractivity contribution in [2.45, 2.75) is 19.9 Å². The predicted octanol–water partition coefficient (Wildman–Crippen LogP) is 2.24. The fourth-order valence-corrected chi connectivity index (χ4v) is 2.46. The number of thiophene rings is 1. The Bertz CT molecular complexity index is 391. The Kier molecular flexibility index (Phi) is 4.95. The third kappa shape index (κ3) is 4.32. The SMILES string of the molecule is CC(CC(=O)NCc1cc(Br)cs1)C(=O)O. The minimum atomic E-state index is -0.950. The molecule has 1 amide bonds. The van der Waals surface area contributed by atoms with E-state index in [1.54, 1.807) is 0 Å². The highest BCUT2D eigenvalue weighted by Crippen LogP contribution is 2.19. The summed E-state index contributed by atoms with van der Waals surface area (Å²) in [6.07, 6.45) is 0.0158. The van der Waals surface area contributed by atoms with Crippen LogP contribution in [0.4, 0.5) is 0 Å². The van der Waals surface area contributed by atoms with Gasteiger partial charge in [-0.1, -0.05) is 6.92 Å². The quantitative estimate of drug-likeness (QED) is 0.877. The lowest BCUT2D eigenvalue weighted by molar-refractivity contribution is -0.143. The Morgan fingerprint density at radius 2 is 2.31 bits per heavy atom. The number of aliphatic carboxylic acids is 1. The van der Waals surface area contributed by atoms with Crippen LogP contribution >= 0.6 is 27.3 Å². The first-order valence-electron chi connectivity index (χ1n) is 4.71. The van der Waals surface area contributed by atoms with Crippen LogP contribution < -0.4 is 5.32 Å². The molecule has 1 rings (SSSR count). The maximum absolute atomic E-state index is 11.4. The zero-order valence-corrected chi connectivity index (χ0v) is 11.1. The molecule has 1 heterocycles. The van der Waals surface area contributed by atoms with E-state index < -0.39 is 11.9 Å². The maximum atomic E-state index is 11.4. The number of carboxylic acids is 1. The summed E-state index contributed by atoms with van der Waals surface area (Å²) in [4.78, 5) is 22.9. The van der Waals surface area contributed by atoms with Crippen molar-refractivity contribution >= 4 is 39.1 Å². The van der Waals surface area contributed by atoms with Crippen molar-refractivity contribution in [1.29, 1.82) is 0 Å². The summed E-state index contributed by atoms with van der Waals surface area (Å²) in [7, 11) is 0. The molecular formula is C10H12BrNO3S.